The van der Waals surface area contributed by atoms with E-state index in [1.165, 1.54) is 0 Å². The zero-order valence-electron chi connectivity index (χ0n) is 15.9. The molecule has 3 unspecified atom stereocenters. The highest BCUT2D eigenvalue weighted by Crippen LogP contribution is 2.33. The standard InChI is InChI=1S/C19H25N5O3/c1-5-15-18(25)23-14-7-6-12(8-16(14)27-15)11(2)22-19(26)17(20-3)13-9-21-24(4)10-13/h6-11,15,17,20H,5H2,1-4H3,(H,22,26)(H,23,25). The number of amides is 2. The molecule has 1 aliphatic heterocycles. The Morgan fingerprint density at radius 1 is 1.41 bits per heavy atom. The van der Waals surface area contributed by atoms with Gasteiger partial charge in [-0.15, -0.1) is 0 Å². The Hall–Kier alpha value is -2.87. The molecule has 0 saturated carbocycles. The van der Waals surface area contributed by atoms with Gasteiger partial charge >= 0.3 is 0 Å². The molecule has 3 atom stereocenters. The number of hydrogen-bond acceptors (Lipinski definition) is 5. The second-order valence-electron chi connectivity index (χ2n) is 6.66. The van der Waals surface area contributed by atoms with E-state index in [4.69, 9.17) is 4.74 Å². The van der Waals surface area contributed by atoms with Crippen molar-refractivity contribution in [1.29, 1.82) is 0 Å². The number of fused-ring (bicyclic) bond motifs is 1. The van der Waals surface area contributed by atoms with Crippen molar-refractivity contribution < 1.29 is 14.3 Å². The molecule has 144 valence electrons. The molecule has 2 heterocycles. The summed E-state index contributed by atoms with van der Waals surface area (Å²) in [5.74, 6) is 0.348. The van der Waals surface area contributed by atoms with E-state index in [0.29, 0.717) is 17.9 Å². The van der Waals surface area contributed by atoms with Crippen molar-refractivity contribution in [3.8, 4) is 5.75 Å². The molecule has 0 saturated heterocycles. The van der Waals surface area contributed by atoms with Crippen LogP contribution in [0.2, 0.25) is 0 Å². The van der Waals surface area contributed by atoms with E-state index in [9.17, 15) is 9.59 Å². The minimum Gasteiger partial charge on any atom is -0.478 e. The van der Waals surface area contributed by atoms with Crippen LogP contribution in [0.25, 0.3) is 0 Å². The highest BCUT2D eigenvalue weighted by molar-refractivity contribution is 5.97. The number of carbonyl (C=O) groups is 2. The van der Waals surface area contributed by atoms with Gasteiger partial charge in [0.2, 0.25) is 5.91 Å². The van der Waals surface area contributed by atoms with Crippen LogP contribution in [0.3, 0.4) is 0 Å². The van der Waals surface area contributed by atoms with Gasteiger partial charge in [-0.3, -0.25) is 14.3 Å². The van der Waals surface area contributed by atoms with E-state index in [-0.39, 0.29) is 17.9 Å². The Bertz CT molecular complexity index is 848. The van der Waals surface area contributed by atoms with Crippen LogP contribution in [0.4, 0.5) is 5.69 Å². The Balaban J connectivity index is 1.73. The second kappa shape index (κ2) is 7.79. The van der Waals surface area contributed by atoms with E-state index in [1.807, 2.05) is 39.2 Å². The average molecular weight is 371 g/mol. The van der Waals surface area contributed by atoms with Crippen LogP contribution in [-0.4, -0.2) is 34.7 Å². The van der Waals surface area contributed by atoms with Crippen LogP contribution >= 0.6 is 0 Å². The predicted octanol–water partition coefficient (Wildman–Crippen LogP) is 1.67. The Kier molecular flexibility index (Phi) is 5.46. The van der Waals surface area contributed by atoms with E-state index in [2.05, 4.69) is 21.0 Å². The van der Waals surface area contributed by atoms with Crippen LogP contribution in [0, 0.1) is 0 Å². The van der Waals surface area contributed by atoms with E-state index < -0.39 is 12.1 Å². The third-order valence-electron chi connectivity index (χ3n) is 4.66. The van der Waals surface area contributed by atoms with Crippen molar-refractivity contribution in [1.82, 2.24) is 20.4 Å². The molecule has 1 aromatic heterocycles. The summed E-state index contributed by atoms with van der Waals surface area (Å²) >= 11 is 0. The van der Waals surface area contributed by atoms with Crippen molar-refractivity contribution in [2.75, 3.05) is 12.4 Å². The zero-order valence-corrected chi connectivity index (χ0v) is 15.9. The quantitative estimate of drug-likeness (QED) is 0.718. The third kappa shape index (κ3) is 3.95. The number of benzene rings is 1. The first-order valence-corrected chi connectivity index (χ1v) is 9.00. The maximum atomic E-state index is 12.7. The van der Waals surface area contributed by atoms with Gasteiger partial charge in [-0.2, -0.15) is 5.10 Å². The van der Waals surface area contributed by atoms with Gasteiger partial charge < -0.3 is 20.7 Å². The Labute approximate surface area is 158 Å². The fraction of sp³-hybridized carbons (Fsp3) is 0.421. The molecule has 1 aromatic carbocycles. The van der Waals surface area contributed by atoms with Crippen molar-refractivity contribution in [3.63, 3.8) is 0 Å². The molecule has 0 fully saturated rings. The highest BCUT2D eigenvalue weighted by Gasteiger charge is 2.27. The number of hydrogen-bond donors (Lipinski definition) is 3. The first-order chi connectivity index (χ1) is 12.9. The summed E-state index contributed by atoms with van der Waals surface area (Å²) in [5.41, 5.74) is 2.34. The lowest BCUT2D eigenvalue weighted by Gasteiger charge is -2.26. The van der Waals surface area contributed by atoms with Gasteiger partial charge in [-0.25, -0.2) is 0 Å². The van der Waals surface area contributed by atoms with Crippen LogP contribution in [0.15, 0.2) is 30.6 Å². The van der Waals surface area contributed by atoms with E-state index in [1.54, 1.807) is 24.0 Å². The smallest absolute Gasteiger partial charge is 0.265 e. The number of nitrogens with one attached hydrogen (secondary N) is 3. The molecule has 8 heteroatoms. The third-order valence-corrected chi connectivity index (χ3v) is 4.66. The van der Waals surface area contributed by atoms with Crippen molar-refractivity contribution in [3.05, 3.63) is 41.7 Å². The first kappa shape index (κ1) is 18.9. The fourth-order valence-electron chi connectivity index (χ4n) is 3.12. The lowest BCUT2D eigenvalue weighted by atomic mass is 10.0. The number of aromatic nitrogens is 2. The summed E-state index contributed by atoms with van der Waals surface area (Å²) in [7, 11) is 3.55. The van der Waals surface area contributed by atoms with Gasteiger partial charge in [0.05, 0.1) is 17.9 Å². The summed E-state index contributed by atoms with van der Waals surface area (Å²) in [4.78, 5) is 24.6. The monoisotopic (exact) mass is 371 g/mol. The summed E-state index contributed by atoms with van der Waals surface area (Å²) in [6, 6.07) is 4.82. The topological polar surface area (TPSA) is 97.3 Å². The molecular formula is C19H25N5O3. The number of carbonyl (C=O) groups excluding carboxylic acids is 2. The Morgan fingerprint density at radius 3 is 2.81 bits per heavy atom. The van der Waals surface area contributed by atoms with Crippen molar-refractivity contribution in [2.45, 2.75) is 38.5 Å². The van der Waals surface area contributed by atoms with Crippen LogP contribution in [0.1, 0.15) is 43.5 Å². The summed E-state index contributed by atoms with van der Waals surface area (Å²) in [5, 5.41) is 13.0. The van der Waals surface area contributed by atoms with Crippen LogP contribution in [0.5, 0.6) is 5.75 Å². The molecule has 8 nitrogen and oxygen atoms in total. The van der Waals surface area contributed by atoms with E-state index >= 15 is 0 Å². The molecule has 0 radical (unpaired) electrons. The van der Waals surface area contributed by atoms with Gasteiger partial charge in [0.15, 0.2) is 6.10 Å². The molecule has 0 spiro atoms. The molecule has 2 amide bonds. The molecule has 27 heavy (non-hydrogen) atoms. The van der Waals surface area contributed by atoms with Gasteiger partial charge in [0.25, 0.3) is 5.91 Å². The lowest BCUT2D eigenvalue weighted by Crippen LogP contribution is -2.38. The summed E-state index contributed by atoms with van der Waals surface area (Å²) < 4.78 is 7.44. The van der Waals surface area contributed by atoms with E-state index in [0.717, 1.165) is 11.1 Å². The van der Waals surface area contributed by atoms with Crippen LogP contribution < -0.4 is 20.7 Å². The van der Waals surface area contributed by atoms with Crippen molar-refractivity contribution >= 4 is 17.5 Å². The zero-order chi connectivity index (χ0) is 19.6. The molecule has 2 aromatic rings. The van der Waals surface area contributed by atoms with Gasteiger partial charge in [0, 0.05) is 18.8 Å². The minimum absolute atomic E-state index is 0.132. The minimum atomic E-state index is -0.489. The molecule has 0 bridgehead atoms. The van der Waals surface area contributed by atoms with Gasteiger partial charge in [-0.05, 0) is 38.1 Å². The fourth-order valence-corrected chi connectivity index (χ4v) is 3.12. The average Bonchev–Trinajstić information content (AvgIpc) is 3.07. The number of ether oxygens (including phenoxy) is 1. The molecule has 3 rings (SSSR count). The van der Waals surface area contributed by atoms with Gasteiger partial charge in [-0.1, -0.05) is 13.0 Å². The SMILES string of the molecule is CCC1Oc2cc(C(C)NC(=O)C(NC)c3cnn(C)c3)ccc2NC1=O. The lowest BCUT2D eigenvalue weighted by molar-refractivity contribution is -0.124. The predicted molar refractivity (Wildman–Crippen MR) is 101 cm³/mol. The number of aryl methyl sites for hydroxylation is 1. The number of anilines is 1. The summed E-state index contributed by atoms with van der Waals surface area (Å²) in [6.45, 7) is 3.81. The normalized spacial score (nSPS) is 18.1. The molecular weight excluding hydrogens is 346 g/mol. The van der Waals surface area contributed by atoms with Gasteiger partial charge in [0.1, 0.15) is 11.8 Å². The molecule has 0 aliphatic carbocycles. The highest BCUT2D eigenvalue weighted by atomic mass is 16.5. The maximum absolute atomic E-state index is 12.7. The first-order valence-electron chi connectivity index (χ1n) is 9.00. The number of rotatable bonds is 6. The largest absolute Gasteiger partial charge is 0.478 e. The number of nitrogens with zero attached hydrogens (tertiary/aromatic N) is 2. The Morgan fingerprint density at radius 2 is 2.19 bits per heavy atom. The number of likely N-dealkylation sites (N-methyl/N-ethyl adjacent to an activating group) is 1. The second-order valence-corrected chi connectivity index (χ2v) is 6.66. The molecule has 1 aliphatic rings. The van der Waals surface area contributed by atoms with Crippen LogP contribution in [-0.2, 0) is 16.6 Å². The maximum Gasteiger partial charge on any atom is 0.265 e. The summed E-state index contributed by atoms with van der Waals surface area (Å²) in [6.07, 6.45) is 3.59. The van der Waals surface area contributed by atoms with Crippen molar-refractivity contribution in [2.24, 2.45) is 7.05 Å². The molecule has 3 N–H and O–H groups in total.